The molecule has 0 aromatic heterocycles. The standard InChI is InChI=1S/C25H26BrO2S/c1-18(26)24(27)28-20-12-16-23(17-13-20)29(21-8-6-5-7-9-21)22-14-10-19(11-15-22)25(2,3)4/h5-18H,1-4H3/q+1. The van der Waals surface area contributed by atoms with Crippen LogP contribution in [0.15, 0.2) is 93.5 Å². The molecule has 3 rings (SSSR count). The van der Waals surface area contributed by atoms with Crippen molar-refractivity contribution in [3.8, 4) is 5.75 Å². The maximum absolute atomic E-state index is 11.8. The number of ether oxygens (including phenoxy) is 1. The van der Waals surface area contributed by atoms with Gasteiger partial charge in [-0.25, -0.2) is 0 Å². The summed E-state index contributed by atoms with van der Waals surface area (Å²) >= 11 is 3.24. The number of rotatable bonds is 5. The second kappa shape index (κ2) is 9.19. The lowest BCUT2D eigenvalue weighted by Crippen LogP contribution is -2.17. The van der Waals surface area contributed by atoms with Gasteiger partial charge in [-0.2, -0.15) is 0 Å². The molecule has 0 radical (unpaired) electrons. The van der Waals surface area contributed by atoms with Crippen molar-refractivity contribution in [3.05, 3.63) is 84.4 Å². The first kappa shape index (κ1) is 21.7. The molecule has 0 amide bonds. The number of alkyl halides is 1. The van der Waals surface area contributed by atoms with Crippen molar-refractivity contribution >= 4 is 32.8 Å². The first-order valence-corrected chi connectivity index (χ1v) is 11.8. The van der Waals surface area contributed by atoms with Crippen LogP contribution in [-0.2, 0) is 21.1 Å². The summed E-state index contributed by atoms with van der Waals surface area (Å²) in [5.74, 6) is 0.266. The van der Waals surface area contributed by atoms with Gasteiger partial charge in [-0.15, -0.1) is 0 Å². The van der Waals surface area contributed by atoms with Gasteiger partial charge in [0.15, 0.2) is 14.7 Å². The predicted octanol–water partition coefficient (Wildman–Crippen LogP) is 6.77. The minimum Gasteiger partial charge on any atom is -0.426 e. The number of carbonyl (C=O) groups is 1. The maximum atomic E-state index is 11.8. The highest BCUT2D eigenvalue weighted by Gasteiger charge is 2.29. The molecule has 29 heavy (non-hydrogen) atoms. The number of benzene rings is 3. The van der Waals surface area contributed by atoms with Gasteiger partial charge in [0.2, 0.25) is 0 Å². The monoisotopic (exact) mass is 469 g/mol. The SMILES string of the molecule is CC(Br)C(=O)Oc1ccc([S+](c2ccccc2)c2ccc(C(C)(C)C)cc2)cc1. The zero-order chi connectivity index (χ0) is 21.0. The highest BCUT2D eigenvalue weighted by atomic mass is 79.9. The highest BCUT2D eigenvalue weighted by molar-refractivity contribution is 9.10. The van der Waals surface area contributed by atoms with Gasteiger partial charge in [0.25, 0.3) is 0 Å². The molecule has 0 fully saturated rings. The lowest BCUT2D eigenvalue weighted by atomic mass is 9.87. The molecular formula is C25H26BrO2S+. The molecule has 150 valence electrons. The summed E-state index contributed by atoms with van der Waals surface area (Å²) < 4.78 is 5.39. The van der Waals surface area contributed by atoms with Crippen LogP contribution in [-0.4, -0.2) is 10.8 Å². The molecule has 0 spiro atoms. The minimum atomic E-state index is -0.331. The first-order valence-electron chi connectivity index (χ1n) is 9.61. The van der Waals surface area contributed by atoms with Crippen LogP contribution in [0.3, 0.4) is 0 Å². The van der Waals surface area contributed by atoms with Crippen LogP contribution < -0.4 is 4.74 Å². The lowest BCUT2D eigenvalue weighted by molar-refractivity contribution is -0.133. The normalized spacial score (nSPS) is 13.6. The molecular weight excluding hydrogens is 444 g/mol. The van der Waals surface area contributed by atoms with E-state index in [0.717, 1.165) is 0 Å². The average Bonchev–Trinajstić information content (AvgIpc) is 2.70. The Labute approximate surface area is 184 Å². The van der Waals surface area contributed by atoms with Crippen molar-refractivity contribution in [1.82, 2.24) is 0 Å². The molecule has 0 aliphatic heterocycles. The summed E-state index contributed by atoms with van der Waals surface area (Å²) in [6.45, 7) is 8.44. The summed E-state index contributed by atoms with van der Waals surface area (Å²) in [4.78, 5) is 15.2. The molecule has 0 heterocycles. The Kier molecular flexibility index (Phi) is 6.86. The van der Waals surface area contributed by atoms with Crippen molar-refractivity contribution in [3.63, 3.8) is 0 Å². The Morgan fingerprint density at radius 2 is 1.31 bits per heavy atom. The van der Waals surface area contributed by atoms with Crippen molar-refractivity contribution < 1.29 is 9.53 Å². The molecule has 2 unspecified atom stereocenters. The van der Waals surface area contributed by atoms with E-state index in [4.69, 9.17) is 4.74 Å². The number of halogens is 1. The molecule has 0 saturated heterocycles. The van der Waals surface area contributed by atoms with E-state index in [1.807, 2.05) is 18.2 Å². The van der Waals surface area contributed by atoms with E-state index in [-0.39, 0.29) is 27.1 Å². The van der Waals surface area contributed by atoms with Crippen LogP contribution in [0.5, 0.6) is 5.75 Å². The molecule has 2 nitrogen and oxygen atoms in total. The molecule has 0 saturated carbocycles. The van der Waals surface area contributed by atoms with Crippen LogP contribution in [0, 0.1) is 0 Å². The Balaban J connectivity index is 1.96. The molecule has 4 heteroatoms. The Morgan fingerprint density at radius 3 is 1.79 bits per heavy atom. The zero-order valence-corrected chi connectivity index (χ0v) is 19.6. The molecule has 0 N–H and O–H groups in total. The lowest BCUT2D eigenvalue weighted by Gasteiger charge is -2.19. The van der Waals surface area contributed by atoms with Gasteiger partial charge < -0.3 is 4.74 Å². The van der Waals surface area contributed by atoms with E-state index in [0.29, 0.717) is 5.75 Å². The van der Waals surface area contributed by atoms with Gasteiger partial charge in [-0.05, 0) is 66.4 Å². The fraction of sp³-hybridized carbons (Fsp3) is 0.240. The zero-order valence-electron chi connectivity index (χ0n) is 17.2. The van der Waals surface area contributed by atoms with Crippen molar-refractivity contribution in [2.24, 2.45) is 0 Å². The fourth-order valence-electron chi connectivity index (χ4n) is 2.90. The third-order valence-corrected chi connectivity index (χ3v) is 7.14. The summed E-state index contributed by atoms with van der Waals surface area (Å²) in [5, 5.41) is 0. The molecule has 0 aliphatic rings. The topological polar surface area (TPSA) is 26.3 Å². The Morgan fingerprint density at radius 1 is 0.828 bits per heavy atom. The quantitative estimate of drug-likeness (QED) is 0.178. The van der Waals surface area contributed by atoms with E-state index in [2.05, 4.69) is 97.4 Å². The van der Waals surface area contributed by atoms with Gasteiger partial charge in [0.05, 0.1) is 10.9 Å². The molecule has 2 atom stereocenters. The Bertz CT molecular complexity index is 943. The number of esters is 1. The number of hydrogen-bond donors (Lipinski definition) is 0. The highest BCUT2D eigenvalue weighted by Crippen LogP contribution is 2.33. The molecule has 0 aliphatic carbocycles. The third kappa shape index (κ3) is 5.52. The minimum absolute atomic E-state index is 0.127. The van der Waals surface area contributed by atoms with Crippen LogP contribution in [0.2, 0.25) is 0 Å². The Hall–Kier alpha value is -2.04. The van der Waals surface area contributed by atoms with Gasteiger partial charge in [-0.3, -0.25) is 4.79 Å². The van der Waals surface area contributed by atoms with E-state index < -0.39 is 0 Å². The van der Waals surface area contributed by atoms with Crippen LogP contribution in [0.1, 0.15) is 33.3 Å². The second-order valence-electron chi connectivity index (χ2n) is 7.90. The molecule has 3 aromatic carbocycles. The average molecular weight is 470 g/mol. The van der Waals surface area contributed by atoms with Gasteiger partial charge >= 0.3 is 5.97 Å². The van der Waals surface area contributed by atoms with Gasteiger partial charge in [0, 0.05) is 0 Å². The molecule has 0 bridgehead atoms. The first-order chi connectivity index (χ1) is 13.8. The smallest absolute Gasteiger partial charge is 0.324 e. The predicted molar refractivity (Wildman–Crippen MR) is 124 cm³/mol. The van der Waals surface area contributed by atoms with Gasteiger partial charge in [0.1, 0.15) is 10.6 Å². The second-order valence-corrected chi connectivity index (χ2v) is 11.3. The van der Waals surface area contributed by atoms with E-state index in [1.54, 1.807) is 6.92 Å². The van der Waals surface area contributed by atoms with Crippen LogP contribution in [0.25, 0.3) is 0 Å². The largest absolute Gasteiger partial charge is 0.426 e. The summed E-state index contributed by atoms with van der Waals surface area (Å²) in [5.41, 5.74) is 1.45. The summed E-state index contributed by atoms with van der Waals surface area (Å²) in [6.07, 6.45) is 0. The van der Waals surface area contributed by atoms with Crippen molar-refractivity contribution in [2.45, 2.75) is 52.6 Å². The van der Waals surface area contributed by atoms with Crippen molar-refractivity contribution in [2.75, 3.05) is 0 Å². The molecule has 3 aromatic rings. The van der Waals surface area contributed by atoms with Gasteiger partial charge in [-0.1, -0.05) is 67.0 Å². The maximum Gasteiger partial charge on any atom is 0.324 e. The summed E-state index contributed by atoms with van der Waals surface area (Å²) in [7, 11) is -0.229. The fourth-order valence-corrected chi connectivity index (χ4v) is 5.05. The number of hydrogen-bond acceptors (Lipinski definition) is 2. The van der Waals surface area contributed by atoms with E-state index in [1.165, 1.54) is 20.2 Å². The van der Waals surface area contributed by atoms with Crippen LogP contribution >= 0.6 is 15.9 Å². The van der Waals surface area contributed by atoms with E-state index in [9.17, 15) is 4.79 Å². The summed E-state index contributed by atoms with van der Waals surface area (Å²) in [6, 6.07) is 27.3. The van der Waals surface area contributed by atoms with Crippen LogP contribution in [0.4, 0.5) is 0 Å². The third-order valence-electron chi connectivity index (χ3n) is 4.54. The van der Waals surface area contributed by atoms with E-state index >= 15 is 0 Å². The van der Waals surface area contributed by atoms with Crippen molar-refractivity contribution in [1.29, 1.82) is 0 Å². The number of carbonyl (C=O) groups excluding carboxylic acids is 1.